The Labute approximate surface area is 138 Å². The van der Waals surface area contributed by atoms with Crippen LogP contribution in [0.3, 0.4) is 0 Å². The van der Waals surface area contributed by atoms with Gasteiger partial charge in [-0.1, -0.05) is 0 Å². The summed E-state index contributed by atoms with van der Waals surface area (Å²) in [6, 6.07) is 0.737. The maximum Gasteiger partial charge on any atom is 0.0125 e. The van der Waals surface area contributed by atoms with Gasteiger partial charge in [-0.05, 0) is 79.4 Å². The summed E-state index contributed by atoms with van der Waals surface area (Å²) in [5.41, 5.74) is 1.02. The Hall–Kier alpha value is -0.120. The molecular weight excluding hydrogens is 270 g/mol. The first-order chi connectivity index (χ1) is 10.3. The molecule has 0 aromatic carbocycles. The van der Waals surface area contributed by atoms with Crippen LogP contribution in [-0.2, 0) is 0 Å². The minimum atomic E-state index is 0.356. The molecule has 3 fully saturated rings. The molecule has 3 aliphatic heterocycles. The second-order valence-electron chi connectivity index (χ2n) is 9.59. The average molecular weight is 308 g/mol. The maximum absolute atomic E-state index is 2.79. The van der Waals surface area contributed by atoms with Crippen molar-refractivity contribution in [3.63, 3.8) is 0 Å². The highest BCUT2D eigenvalue weighted by molar-refractivity contribution is 5.02. The molecule has 0 unspecified atom stereocenters. The van der Waals surface area contributed by atoms with E-state index in [-0.39, 0.29) is 0 Å². The zero-order valence-corrected chi connectivity index (χ0v) is 15.6. The fraction of sp³-hybridized carbons (Fsp3) is 1.00. The number of rotatable bonds is 3. The van der Waals surface area contributed by atoms with Gasteiger partial charge in [0.25, 0.3) is 0 Å². The van der Waals surface area contributed by atoms with Crippen LogP contribution in [0.1, 0.15) is 53.9 Å². The molecule has 3 rings (SSSR count). The van der Waals surface area contributed by atoms with Crippen LogP contribution in [-0.4, -0.2) is 72.1 Å². The van der Waals surface area contributed by atoms with Gasteiger partial charge in [-0.25, -0.2) is 0 Å². The van der Waals surface area contributed by atoms with Crippen LogP contribution in [0.25, 0.3) is 0 Å². The molecule has 3 aliphatic rings. The van der Waals surface area contributed by atoms with Gasteiger partial charge in [0.1, 0.15) is 0 Å². The van der Waals surface area contributed by atoms with Crippen molar-refractivity contribution < 1.29 is 0 Å². The lowest BCUT2D eigenvalue weighted by molar-refractivity contribution is -0.0158. The largest absolute Gasteiger partial charge is 0.302 e. The summed E-state index contributed by atoms with van der Waals surface area (Å²) in [6.07, 6.45) is 4.24. The van der Waals surface area contributed by atoms with Crippen LogP contribution in [0.2, 0.25) is 0 Å². The molecule has 0 saturated carbocycles. The van der Waals surface area contributed by atoms with Crippen molar-refractivity contribution in [2.45, 2.75) is 65.5 Å². The average Bonchev–Trinajstić information content (AvgIpc) is 2.80. The van der Waals surface area contributed by atoms with Crippen molar-refractivity contribution in [3.8, 4) is 0 Å². The van der Waals surface area contributed by atoms with E-state index in [2.05, 4.69) is 49.3 Å². The Morgan fingerprint density at radius 1 is 1.00 bits per heavy atom. The van der Waals surface area contributed by atoms with Gasteiger partial charge in [0.15, 0.2) is 0 Å². The van der Waals surface area contributed by atoms with E-state index in [1.54, 1.807) is 0 Å². The minimum absolute atomic E-state index is 0.356. The zero-order chi connectivity index (χ0) is 16.0. The summed E-state index contributed by atoms with van der Waals surface area (Å²) in [5, 5.41) is 0. The van der Waals surface area contributed by atoms with E-state index >= 15 is 0 Å². The molecule has 0 N–H and O–H groups in total. The lowest BCUT2D eigenvalue weighted by atomic mass is 9.78. The van der Waals surface area contributed by atoms with Gasteiger partial charge in [0.05, 0.1) is 0 Å². The van der Waals surface area contributed by atoms with Gasteiger partial charge in [0, 0.05) is 43.2 Å². The second-order valence-corrected chi connectivity index (χ2v) is 9.59. The molecule has 0 aromatic heterocycles. The molecule has 0 radical (unpaired) electrons. The Balaban J connectivity index is 1.41. The highest BCUT2D eigenvalue weighted by Gasteiger charge is 2.48. The quantitative estimate of drug-likeness (QED) is 0.794. The van der Waals surface area contributed by atoms with Gasteiger partial charge >= 0.3 is 0 Å². The van der Waals surface area contributed by atoms with E-state index < -0.39 is 0 Å². The number of piperidine rings is 1. The van der Waals surface area contributed by atoms with E-state index in [9.17, 15) is 0 Å². The number of hydrogen-bond acceptors (Lipinski definition) is 3. The monoisotopic (exact) mass is 307 g/mol. The molecule has 3 nitrogen and oxygen atoms in total. The SMILES string of the molecule is CC(C)N1CC2(CCN(CC3CCN(C(C)(C)C)CC3)C2)C1. The predicted octanol–water partition coefficient (Wildman–Crippen LogP) is 2.91. The number of nitrogens with zero attached hydrogens (tertiary/aromatic N) is 3. The van der Waals surface area contributed by atoms with Crippen LogP contribution in [0.15, 0.2) is 0 Å². The minimum Gasteiger partial charge on any atom is -0.302 e. The first kappa shape index (κ1) is 16.7. The normalized spacial score (nSPS) is 28.6. The highest BCUT2D eigenvalue weighted by atomic mass is 15.3. The summed E-state index contributed by atoms with van der Waals surface area (Å²) < 4.78 is 0. The Morgan fingerprint density at radius 3 is 2.18 bits per heavy atom. The van der Waals surface area contributed by atoms with Crippen molar-refractivity contribution in [2.24, 2.45) is 11.3 Å². The molecule has 3 heteroatoms. The summed E-state index contributed by atoms with van der Waals surface area (Å²) in [7, 11) is 0. The van der Waals surface area contributed by atoms with Gasteiger partial charge in [-0.3, -0.25) is 9.80 Å². The predicted molar refractivity (Wildman–Crippen MR) is 94.2 cm³/mol. The van der Waals surface area contributed by atoms with Crippen molar-refractivity contribution in [1.82, 2.24) is 14.7 Å². The third-order valence-corrected chi connectivity index (χ3v) is 6.40. The fourth-order valence-corrected chi connectivity index (χ4v) is 4.77. The molecule has 0 aliphatic carbocycles. The Bertz CT molecular complexity index is 371. The van der Waals surface area contributed by atoms with E-state index in [4.69, 9.17) is 0 Å². The second kappa shape index (κ2) is 6.07. The van der Waals surface area contributed by atoms with E-state index in [1.807, 2.05) is 0 Å². The van der Waals surface area contributed by atoms with E-state index in [0.29, 0.717) is 11.0 Å². The molecule has 22 heavy (non-hydrogen) atoms. The van der Waals surface area contributed by atoms with Gasteiger partial charge in [-0.2, -0.15) is 0 Å². The van der Waals surface area contributed by atoms with Crippen LogP contribution in [0.5, 0.6) is 0 Å². The van der Waals surface area contributed by atoms with Crippen LogP contribution in [0.4, 0.5) is 0 Å². The molecule has 0 bridgehead atoms. The lowest BCUT2D eigenvalue weighted by Gasteiger charge is -2.50. The first-order valence-electron chi connectivity index (χ1n) is 9.49. The van der Waals surface area contributed by atoms with Crippen LogP contribution in [0, 0.1) is 11.3 Å². The Morgan fingerprint density at radius 2 is 1.64 bits per heavy atom. The smallest absolute Gasteiger partial charge is 0.0125 e. The maximum atomic E-state index is 2.79. The number of hydrogen-bond donors (Lipinski definition) is 0. The summed E-state index contributed by atoms with van der Waals surface area (Å²) >= 11 is 0. The van der Waals surface area contributed by atoms with Gasteiger partial charge in [0.2, 0.25) is 0 Å². The molecule has 0 amide bonds. The van der Waals surface area contributed by atoms with E-state index in [0.717, 1.165) is 12.0 Å². The van der Waals surface area contributed by atoms with Crippen molar-refractivity contribution in [2.75, 3.05) is 45.8 Å². The van der Waals surface area contributed by atoms with Crippen LogP contribution >= 0.6 is 0 Å². The molecule has 128 valence electrons. The topological polar surface area (TPSA) is 9.72 Å². The molecule has 3 heterocycles. The van der Waals surface area contributed by atoms with Crippen molar-refractivity contribution in [1.29, 1.82) is 0 Å². The van der Waals surface area contributed by atoms with Crippen molar-refractivity contribution >= 4 is 0 Å². The molecule has 0 atom stereocenters. The van der Waals surface area contributed by atoms with Gasteiger partial charge < -0.3 is 4.90 Å². The number of likely N-dealkylation sites (tertiary alicyclic amines) is 3. The summed E-state index contributed by atoms with van der Waals surface area (Å²) in [5.74, 6) is 0.940. The first-order valence-corrected chi connectivity index (χ1v) is 9.49. The van der Waals surface area contributed by atoms with Gasteiger partial charge in [-0.15, -0.1) is 0 Å². The van der Waals surface area contributed by atoms with Crippen LogP contribution < -0.4 is 0 Å². The molecule has 3 saturated heterocycles. The lowest BCUT2D eigenvalue weighted by Crippen LogP contribution is -2.59. The molecule has 0 aromatic rings. The summed E-state index contributed by atoms with van der Waals surface area (Å²) in [4.78, 5) is 8.10. The van der Waals surface area contributed by atoms with E-state index in [1.165, 1.54) is 65.1 Å². The third-order valence-electron chi connectivity index (χ3n) is 6.40. The fourth-order valence-electron chi connectivity index (χ4n) is 4.77. The van der Waals surface area contributed by atoms with Crippen molar-refractivity contribution in [3.05, 3.63) is 0 Å². The highest BCUT2D eigenvalue weighted by Crippen LogP contribution is 2.41. The molecular formula is C19H37N3. The zero-order valence-electron chi connectivity index (χ0n) is 15.6. The Kier molecular flexibility index (Phi) is 4.61. The third kappa shape index (κ3) is 3.52. The summed E-state index contributed by atoms with van der Waals surface area (Å²) in [6.45, 7) is 21.1. The molecule has 1 spiro atoms. The standard InChI is InChI=1S/C19H37N3/c1-16(2)21-14-19(15-21)8-11-20(13-19)12-17-6-9-22(10-7-17)18(3,4)5/h16-17H,6-15H2,1-5H3.